The van der Waals surface area contributed by atoms with Crippen LogP contribution in [0, 0.1) is 0 Å². The van der Waals surface area contributed by atoms with Crippen LogP contribution >= 0.6 is 0 Å². The minimum absolute atomic E-state index is 0.121. The van der Waals surface area contributed by atoms with Crippen molar-refractivity contribution in [2.75, 3.05) is 26.2 Å². The number of likely N-dealkylation sites (tertiary alicyclic amines) is 1. The van der Waals surface area contributed by atoms with E-state index in [0.717, 1.165) is 39.0 Å². The van der Waals surface area contributed by atoms with E-state index in [4.69, 9.17) is 5.73 Å². The molecular formula is C12H25N3O. The van der Waals surface area contributed by atoms with E-state index in [0.29, 0.717) is 6.04 Å². The molecule has 2 unspecified atom stereocenters. The molecule has 1 amide bonds. The van der Waals surface area contributed by atoms with Gasteiger partial charge in [-0.2, -0.15) is 0 Å². The SMILES string of the molecule is CCN(CC)CCCC(C)N1CC(N)C1=O. The summed E-state index contributed by atoms with van der Waals surface area (Å²) < 4.78 is 0. The topological polar surface area (TPSA) is 49.6 Å². The van der Waals surface area contributed by atoms with Crippen molar-refractivity contribution in [2.45, 2.75) is 45.7 Å². The number of nitrogens with two attached hydrogens (primary N) is 1. The van der Waals surface area contributed by atoms with Gasteiger partial charge in [0.25, 0.3) is 0 Å². The number of hydrogen-bond donors (Lipinski definition) is 1. The molecule has 1 fully saturated rings. The number of rotatable bonds is 7. The Morgan fingerprint density at radius 2 is 2.12 bits per heavy atom. The molecule has 0 radical (unpaired) electrons. The predicted octanol–water partition coefficient (Wildman–Crippen LogP) is 0.666. The molecule has 0 saturated carbocycles. The van der Waals surface area contributed by atoms with Crippen LogP contribution in [-0.2, 0) is 4.79 Å². The van der Waals surface area contributed by atoms with E-state index in [1.807, 2.05) is 4.90 Å². The summed E-state index contributed by atoms with van der Waals surface area (Å²) in [5.41, 5.74) is 5.57. The van der Waals surface area contributed by atoms with Crippen molar-refractivity contribution in [2.24, 2.45) is 5.73 Å². The summed E-state index contributed by atoms with van der Waals surface area (Å²) >= 11 is 0. The second kappa shape index (κ2) is 6.21. The number of carbonyl (C=O) groups excluding carboxylic acids is 1. The van der Waals surface area contributed by atoms with Gasteiger partial charge in [-0.15, -0.1) is 0 Å². The van der Waals surface area contributed by atoms with Gasteiger partial charge in [-0.25, -0.2) is 0 Å². The molecule has 2 atom stereocenters. The molecule has 0 aromatic rings. The minimum Gasteiger partial charge on any atom is -0.336 e. The molecular weight excluding hydrogens is 202 g/mol. The number of β-lactam (4-membered cyclic amide) rings is 1. The Labute approximate surface area is 98.8 Å². The predicted molar refractivity (Wildman–Crippen MR) is 66.2 cm³/mol. The second-order valence-electron chi connectivity index (χ2n) is 4.62. The fraction of sp³-hybridized carbons (Fsp3) is 0.917. The van der Waals surface area contributed by atoms with Gasteiger partial charge in [0.2, 0.25) is 5.91 Å². The summed E-state index contributed by atoms with van der Waals surface area (Å²) in [6.45, 7) is 10.6. The molecule has 0 aromatic carbocycles. The van der Waals surface area contributed by atoms with E-state index >= 15 is 0 Å². The van der Waals surface area contributed by atoms with E-state index in [-0.39, 0.29) is 11.9 Å². The van der Waals surface area contributed by atoms with Crippen LogP contribution in [0.3, 0.4) is 0 Å². The minimum atomic E-state index is -0.231. The molecule has 16 heavy (non-hydrogen) atoms. The highest BCUT2D eigenvalue weighted by Crippen LogP contribution is 2.16. The highest BCUT2D eigenvalue weighted by atomic mass is 16.2. The number of carbonyl (C=O) groups is 1. The Morgan fingerprint density at radius 1 is 1.50 bits per heavy atom. The van der Waals surface area contributed by atoms with E-state index in [2.05, 4.69) is 25.7 Å². The van der Waals surface area contributed by atoms with Gasteiger partial charge >= 0.3 is 0 Å². The van der Waals surface area contributed by atoms with Crippen LogP contribution in [0.25, 0.3) is 0 Å². The molecule has 0 spiro atoms. The molecule has 1 rings (SSSR count). The maximum atomic E-state index is 11.4. The van der Waals surface area contributed by atoms with E-state index in [1.165, 1.54) is 0 Å². The second-order valence-corrected chi connectivity index (χ2v) is 4.62. The van der Waals surface area contributed by atoms with Crippen molar-refractivity contribution < 1.29 is 4.79 Å². The highest BCUT2D eigenvalue weighted by molar-refractivity contribution is 5.87. The molecule has 4 nitrogen and oxygen atoms in total. The van der Waals surface area contributed by atoms with Crippen LogP contribution in [0.4, 0.5) is 0 Å². The molecule has 0 aliphatic carbocycles. The largest absolute Gasteiger partial charge is 0.336 e. The van der Waals surface area contributed by atoms with Gasteiger partial charge < -0.3 is 15.5 Å². The average Bonchev–Trinajstić information content (AvgIpc) is 2.30. The smallest absolute Gasteiger partial charge is 0.241 e. The van der Waals surface area contributed by atoms with Gasteiger partial charge in [0.05, 0.1) is 0 Å². The van der Waals surface area contributed by atoms with Crippen LogP contribution in [0.1, 0.15) is 33.6 Å². The van der Waals surface area contributed by atoms with Gasteiger partial charge in [-0.05, 0) is 39.4 Å². The lowest BCUT2D eigenvalue weighted by Crippen LogP contribution is -2.63. The van der Waals surface area contributed by atoms with Gasteiger partial charge in [-0.1, -0.05) is 13.8 Å². The fourth-order valence-corrected chi connectivity index (χ4v) is 2.18. The molecule has 0 aromatic heterocycles. The van der Waals surface area contributed by atoms with Crippen molar-refractivity contribution in [1.29, 1.82) is 0 Å². The lowest BCUT2D eigenvalue weighted by Gasteiger charge is -2.41. The van der Waals surface area contributed by atoms with Gasteiger partial charge in [0.15, 0.2) is 0 Å². The van der Waals surface area contributed by atoms with Crippen LogP contribution in [0.15, 0.2) is 0 Å². The zero-order chi connectivity index (χ0) is 12.1. The fourth-order valence-electron chi connectivity index (χ4n) is 2.18. The molecule has 1 aliphatic heterocycles. The molecule has 1 heterocycles. The van der Waals surface area contributed by atoms with Gasteiger partial charge in [0.1, 0.15) is 6.04 Å². The monoisotopic (exact) mass is 227 g/mol. The third kappa shape index (κ3) is 3.19. The van der Waals surface area contributed by atoms with Gasteiger partial charge in [0, 0.05) is 12.6 Å². The molecule has 4 heteroatoms. The average molecular weight is 227 g/mol. The van der Waals surface area contributed by atoms with Crippen LogP contribution in [0.2, 0.25) is 0 Å². The van der Waals surface area contributed by atoms with Gasteiger partial charge in [-0.3, -0.25) is 4.79 Å². The van der Waals surface area contributed by atoms with Crippen LogP contribution in [0.5, 0.6) is 0 Å². The Bertz CT molecular complexity index is 228. The molecule has 2 N–H and O–H groups in total. The summed E-state index contributed by atoms with van der Waals surface area (Å²) in [6.07, 6.45) is 2.23. The molecule has 0 bridgehead atoms. The first-order chi connectivity index (χ1) is 7.60. The summed E-state index contributed by atoms with van der Waals surface area (Å²) in [5.74, 6) is 0.121. The van der Waals surface area contributed by atoms with E-state index < -0.39 is 0 Å². The molecule has 94 valence electrons. The van der Waals surface area contributed by atoms with Crippen LogP contribution in [-0.4, -0.2) is 54.0 Å². The third-order valence-corrected chi connectivity index (χ3v) is 3.52. The van der Waals surface area contributed by atoms with E-state index in [1.54, 1.807) is 0 Å². The Balaban J connectivity index is 2.16. The highest BCUT2D eigenvalue weighted by Gasteiger charge is 2.36. The van der Waals surface area contributed by atoms with Crippen molar-refractivity contribution >= 4 is 5.91 Å². The first-order valence-corrected chi connectivity index (χ1v) is 6.38. The Kier molecular flexibility index (Phi) is 5.22. The number of amides is 1. The van der Waals surface area contributed by atoms with E-state index in [9.17, 15) is 4.79 Å². The zero-order valence-corrected chi connectivity index (χ0v) is 10.8. The summed E-state index contributed by atoms with van der Waals surface area (Å²) in [6, 6.07) is 0.119. The van der Waals surface area contributed by atoms with Crippen molar-refractivity contribution in [3.63, 3.8) is 0 Å². The number of hydrogen-bond acceptors (Lipinski definition) is 3. The zero-order valence-electron chi connectivity index (χ0n) is 10.8. The molecule has 1 aliphatic rings. The maximum Gasteiger partial charge on any atom is 0.241 e. The van der Waals surface area contributed by atoms with Crippen LogP contribution < -0.4 is 5.73 Å². The quantitative estimate of drug-likeness (QED) is 0.650. The Hall–Kier alpha value is -0.610. The summed E-state index contributed by atoms with van der Waals surface area (Å²) in [5, 5.41) is 0. The first kappa shape index (κ1) is 13.5. The Morgan fingerprint density at radius 3 is 2.56 bits per heavy atom. The third-order valence-electron chi connectivity index (χ3n) is 3.52. The molecule has 1 saturated heterocycles. The standard InChI is InChI=1S/C12H25N3O/c1-4-14(5-2)8-6-7-10(3)15-9-11(13)12(15)16/h10-11H,4-9,13H2,1-3H3. The van der Waals surface area contributed by atoms with Crippen molar-refractivity contribution in [3.8, 4) is 0 Å². The van der Waals surface area contributed by atoms with Crippen molar-refractivity contribution in [1.82, 2.24) is 9.80 Å². The normalized spacial score (nSPS) is 22.4. The summed E-state index contributed by atoms with van der Waals surface area (Å²) in [4.78, 5) is 15.7. The number of nitrogens with zero attached hydrogens (tertiary/aromatic N) is 2. The van der Waals surface area contributed by atoms with Crippen molar-refractivity contribution in [3.05, 3.63) is 0 Å². The summed E-state index contributed by atoms with van der Waals surface area (Å²) in [7, 11) is 0. The maximum absolute atomic E-state index is 11.4. The lowest BCUT2D eigenvalue weighted by molar-refractivity contribution is -0.145. The first-order valence-electron chi connectivity index (χ1n) is 6.38. The lowest BCUT2D eigenvalue weighted by atomic mass is 10.0.